The number of carbonyl (C=O) groups is 1. The van der Waals surface area contributed by atoms with Crippen LogP contribution < -0.4 is 10.2 Å². The quantitative estimate of drug-likeness (QED) is 0.797. The van der Waals surface area contributed by atoms with Gasteiger partial charge in [-0.1, -0.05) is 18.2 Å². The Labute approximate surface area is 146 Å². The number of benzene rings is 1. The Hall–Kier alpha value is -3.15. The number of pyridine rings is 1. The number of fused-ring (bicyclic) bond motifs is 1. The minimum atomic E-state index is -0.0917. The summed E-state index contributed by atoms with van der Waals surface area (Å²) in [6.07, 6.45) is 3.55. The van der Waals surface area contributed by atoms with Gasteiger partial charge in [0, 0.05) is 24.8 Å². The Morgan fingerprint density at radius 2 is 1.96 bits per heavy atom. The lowest BCUT2D eigenvalue weighted by Crippen LogP contribution is -2.23. The molecule has 0 fully saturated rings. The largest absolute Gasteiger partial charge is 0.352 e. The maximum absolute atomic E-state index is 11.8. The number of anilines is 1. The lowest BCUT2D eigenvalue weighted by molar-refractivity contribution is 0.0955. The zero-order valence-corrected chi connectivity index (χ0v) is 14.0. The van der Waals surface area contributed by atoms with Crippen LogP contribution in [0.1, 0.15) is 28.5 Å². The molecule has 0 atom stereocenters. The van der Waals surface area contributed by atoms with E-state index >= 15 is 0 Å². The van der Waals surface area contributed by atoms with Gasteiger partial charge < -0.3 is 10.2 Å². The van der Waals surface area contributed by atoms with Crippen LogP contribution in [0.25, 0.3) is 5.69 Å². The van der Waals surface area contributed by atoms with Crippen LogP contribution in [0.4, 0.5) is 5.82 Å². The molecule has 4 rings (SSSR count). The molecule has 6 nitrogen and oxygen atoms in total. The topological polar surface area (TPSA) is 63.1 Å². The zero-order chi connectivity index (χ0) is 17.2. The smallest absolute Gasteiger partial charge is 0.252 e. The molecule has 1 amide bonds. The predicted octanol–water partition coefficient (Wildman–Crippen LogP) is 2.54. The van der Waals surface area contributed by atoms with Crippen molar-refractivity contribution >= 4 is 11.7 Å². The van der Waals surface area contributed by atoms with E-state index in [0.29, 0.717) is 12.1 Å². The van der Waals surface area contributed by atoms with Gasteiger partial charge in [-0.3, -0.25) is 4.79 Å². The normalized spacial score (nSPS) is 12.9. The molecule has 0 saturated carbocycles. The van der Waals surface area contributed by atoms with Crippen LogP contribution in [0.15, 0.2) is 54.9 Å². The average Bonchev–Trinajstić information content (AvgIpc) is 3.23. The van der Waals surface area contributed by atoms with Crippen molar-refractivity contribution in [1.29, 1.82) is 0 Å². The minimum absolute atomic E-state index is 0.0917. The lowest BCUT2D eigenvalue weighted by Gasteiger charge is -2.17. The lowest BCUT2D eigenvalue weighted by atomic mass is 10.2. The third-order valence-electron chi connectivity index (χ3n) is 4.33. The molecule has 3 aromatic rings. The first-order valence-electron chi connectivity index (χ1n) is 8.36. The summed E-state index contributed by atoms with van der Waals surface area (Å²) in [6, 6.07) is 13.8. The van der Waals surface area contributed by atoms with Crippen LogP contribution in [0, 0.1) is 0 Å². The van der Waals surface area contributed by atoms with Crippen molar-refractivity contribution in [2.45, 2.75) is 20.0 Å². The maximum atomic E-state index is 11.8. The summed E-state index contributed by atoms with van der Waals surface area (Å²) < 4.78 is 1.98. The highest BCUT2D eigenvalue weighted by Gasteiger charge is 2.25. The molecule has 126 valence electrons. The number of hydrogen-bond acceptors (Lipinski definition) is 4. The number of para-hydroxylation sites is 1. The first-order valence-corrected chi connectivity index (χ1v) is 8.36. The second-order valence-corrected chi connectivity index (χ2v) is 5.98. The molecule has 0 bridgehead atoms. The molecule has 25 heavy (non-hydrogen) atoms. The fourth-order valence-electron chi connectivity index (χ4n) is 3.07. The third kappa shape index (κ3) is 2.87. The molecular weight excluding hydrogens is 314 g/mol. The molecule has 0 saturated heterocycles. The molecule has 1 aromatic carbocycles. The van der Waals surface area contributed by atoms with Crippen LogP contribution >= 0.6 is 0 Å². The molecule has 2 aromatic heterocycles. The SMILES string of the molecule is CCNC(=O)c1ccc(N2Cc3cnn(-c4ccccc4)c3C2)nc1. The predicted molar refractivity (Wildman–Crippen MR) is 95.7 cm³/mol. The summed E-state index contributed by atoms with van der Waals surface area (Å²) in [5.41, 5.74) is 4.03. The molecule has 6 heteroatoms. The van der Waals surface area contributed by atoms with E-state index in [1.807, 2.05) is 48.1 Å². The second-order valence-electron chi connectivity index (χ2n) is 5.98. The summed E-state index contributed by atoms with van der Waals surface area (Å²) in [7, 11) is 0. The van der Waals surface area contributed by atoms with Crippen molar-refractivity contribution in [1.82, 2.24) is 20.1 Å². The average molecular weight is 333 g/mol. The van der Waals surface area contributed by atoms with E-state index < -0.39 is 0 Å². The molecule has 0 aliphatic carbocycles. The van der Waals surface area contributed by atoms with E-state index in [1.54, 1.807) is 6.20 Å². The van der Waals surface area contributed by atoms with Crippen molar-refractivity contribution in [2.75, 3.05) is 11.4 Å². The highest BCUT2D eigenvalue weighted by Crippen LogP contribution is 2.28. The number of rotatable bonds is 4. The minimum Gasteiger partial charge on any atom is -0.352 e. The van der Waals surface area contributed by atoms with Gasteiger partial charge in [-0.05, 0) is 31.2 Å². The van der Waals surface area contributed by atoms with Crippen molar-refractivity contribution in [3.63, 3.8) is 0 Å². The summed E-state index contributed by atoms with van der Waals surface area (Å²) in [6.45, 7) is 4.03. The van der Waals surface area contributed by atoms with Gasteiger partial charge in [0.1, 0.15) is 5.82 Å². The second kappa shape index (κ2) is 6.39. The van der Waals surface area contributed by atoms with Gasteiger partial charge in [0.2, 0.25) is 0 Å². The van der Waals surface area contributed by atoms with Gasteiger partial charge in [-0.15, -0.1) is 0 Å². The van der Waals surface area contributed by atoms with Crippen molar-refractivity contribution in [3.05, 3.63) is 71.7 Å². The van der Waals surface area contributed by atoms with Crippen molar-refractivity contribution in [2.24, 2.45) is 0 Å². The molecular formula is C19H19N5O. The Balaban J connectivity index is 1.54. The number of carbonyl (C=O) groups excluding carboxylic acids is 1. The summed E-state index contributed by atoms with van der Waals surface area (Å²) in [4.78, 5) is 18.5. The van der Waals surface area contributed by atoms with Gasteiger partial charge in [-0.2, -0.15) is 5.10 Å². The third-order valence-corrected chi connectivity index (χ3v) is 4.33. The van der Waals surface area contributed by atoms with Crippen LogP contribution in [0.3, 0.4) is 0 Å². The van der Waals surface area contributed by atoms with Gasteiger partial charge in [0.25, 0.3) is 5.91 Å². The van der Waals surface area contributed by atoms with E-state index in [-0.39, 0.29) is 5.91 Å². The first-order chi connectivity index (χ1) is 12.3. The van der Waals surface area contributed by atoms with Gasteiger partial charge in [-0.25, -0.2) is 9.67 Å². The number of aromatic nitrogens is 3. The molecule has 0 spiro atoms. The fraction of sp³-hybridized carbons (Fsp3) is 0.211. The summed E-state index contributed by atoms with van der Waals surface area (Å²) >= 11 is 0. The Kier molecular flexibility index (Phi) is 3.93. The molecule has 1 N–H and O–H groups in total. The van der Waals surface area contributed by atoms with E-state index in [0.717, 1.165) is 24.6 Å². The molecule has 0 unspecified atom stereocenters. The Bertz CT molecular complexity index is 886. The number of nitrogens with zero attached hydrogens (tertiary/aromatic N) is 4. The summed E-state index contributed by atoms with van der Waals surface area (Å²) in [5.74, 6) is 0.773. The van der Waals surface area contributed by atoms with Crippen LogP contribution in [0.2, 0.25) is 0 Å². The Morgan fingerprint density at radius 1 is 1.12 bits per heavy atom. The standard InChI is InChI=1S/C19H19N5O/c1-2-20-19(25)14-8-9-18(21-10-14)23-12-15-11-22-24(17(15)13-23)16-6-4-3-5-7-16/h3-11H,2,12-13H2,1H3,(H,20,25). The van der Waals surface area contributed by atoms with Gasteiger partial charge in [0.05, 0.1) is 29.7 Å². The molecule has 1 aliphatic heterocycles. The van der Waals surface area contributed by atoms with Crippen molar-refractivity contribution in [3.8, 4) is 5.69 Å². The monoisotopic (exact) mass is 333 g/mol. The number of hydrogen-bond donors (Lipinski definition) is 1. The summed E-state index contributed by atoms with van der Waals surface area (Å²) in [5, 5.41) is 7.29. The van der Waals surface area contributed by atoms with Gasteiger partial charge in [0.15, 0.2) is 0 Å². The molecule has 1 aliphatic rings. The van der Waals surface area contributed by atoms with Gasteiger partial charge >= 0.3 is 0 Å². The first kappa shape index (κ1) is 15.4. The zero-order valence-electron chi connectivity index (χ0n) is 14.0. The van der Waals surface area contributed by atoms with Crippen LogP contribution in [-0.2, 0) is 13.1 Å². The maximum Gasteiger partial charge on any atom is 0.252 e. The highest BCUT2D eigenvalue weighted by molar-refractivity contribution is 5.94. The van der Waals surface area contributed by atoms with Crippen molar-refractivity contribution < 1.29 is 4.79 Å². The molecule has 0 radical (unpaired) electrons. The highest BCUT2D eigenvalue weighted by atomic mass is 16.1. The van der Waals surface area contributed by atoms with E-state index in [2.05, 4.69) is 32.4 Å². The Morgan fingerprint density at radius 3 is 2.68 bits per heavy atom. The number of nitrogens with one attached hydrogen (secondary N) is 1. The number of amides is 1. The van der Waals surface area contributed by atoms with E-state index in [9.17, 15) is 4.79 Å². The van der Waals surface area contributed by atoms with E-state index in [4.69, 9.17) is 0 Å². The van der Waals surface area contributed by atoms with Crippen LogP contribution in [-0.4, -0.2) is 27.2 Å². The fourth-order valence-corrected chi connectivity index (χ4v) is 3.07. The van der Waals surface area contributed by atoms with E-state index in [1.165, 1.54) is 11.3 Å². The molecule has 3 heterocycles. The van der Waals surface area contributed by atoms with Crippen LogP contribution in [0.5, 0.6) is 0 Å².